The lowest BCUT2D eigenvalue weighted by Gasteiger charge is -2.37. The van der Waals surface area contributed by atoms with Gasteiger partial charge in [-0.05, 0) is 26.0 Å². The molecule has 0 saturated carbocycles. The van der Waals surface area contributed by atoms with E-state index in [4.69, 9.17) is 16.3 Å². The van der Waals surface area contributed by atoms with E-state index in [1.807, 2.05) is 19.9 Å². The van der Waals surface area contributed by atoms with Crippen LogP contribution in [0.15, 0.2) is 24.8 Å². The van der Waals surface area contributed by atoms with Gasteiger partial charge in [-0.3, -0.25) is 0 Å². The Bertz CT molecular complexity index is 607. The molecule has 1 fully saturated rings. The molecule has 2 heterocycles. The second-order valence-electron chi connectivity index (χ2n) is 5.37. The fourth-order valence-electron chi connectivity index (χ4n) is 2.48. The SMILES string of the molecule is C=CCN(Cc1ccc(Cl)s1)S(=O)(=O)N1CC(C)OC(C)C1. The van der Waals surface area contributed by atoms with E-state index in [0.717, 1.165) is 4.88 Å². The van der Waals surface area contributed by atoms with Gasteiger partial charge in [0.2, 0.25) is 0 Å². The van der Waals surface area contributed by atoms with Crippen molar-refractivity contribution < 1.29 is 13.2 Å². The third kappa shape index (κ3) is 4.31. The number of hydrogen-bond donors (Lipinski definition) is 0. The van der Waals surface area contributed by atoms with Gasteiger partial charge in [-0.1, -0.05) is 17.7 Å². The summed E-state index contributed by atoms with van der Waals surface area (Å²) in [5.74, 6) is 0. The highest BCUT2D eigenvalue weighted by Crippen LogP contribution is 2.25. The average molecular weight is 365 g/mol. The first kappa shape index (κ1) is 17.9. The third-order valence-electron chi connectivity index (χ3n) is 3.33. The normalized spacial score (nSPS) is 23.8. The fourth-order valence-corrected chi connectivity index (χ4v) is 5.38. The van der Waals surface area contributed by atoms with Gasteiger partial charge in [0, 0.05) is 31.1 Å². The third-order valence-corrected chi connectivity index (χ3v) is 6.43. The molecule has 2 atom stereocenters. The number of ether oxygens (including phenoxy) is 1. The molecular weight excluding hydrogens is 344 g/mol. The minimum Gasteiger partial charge on any atom is -0.373 e. The summed E-state index contributed by atoms with van der Waals surface area (Å²) in [4.78, 5) is 0.907. The molecular formula is C14H21ClN2O3S2. The second kappa shape index (κ2) is 7.42. The van der Waals surface area contributed by atoms with Crippen LogP contribution in [0.3, 0.4) is 0 Å². The molecule has 1 aliphatic rings. The predicted octanol–water partition coefficient (Wildman–Crippen LogP) is 2.74. The number of rotatable bonds is 6. The molecule has 1 saturated heterocycles. The van der Waals surface area contributed by atoms with E-state index < -0.39 is 10.2 Å². The van der Waals surface area contributed by atoms with Gasteiger partial charge in [0.25, 0.3) is 10.2 Å². The Kier molecular flexibility index (Phi) is 6.04. The van der Waals surface area contributed by atoms with E-state index in [2.05, 4.69) is 6.58 Å². The zero-order chi connectivity index (χ0) is 16.3. The van der Waals surface area contributed by atoms with Crippen molar-refractivity contribution in [1.82, 2.24) is 8.61 Å². The van der Waals surface area contributed by atoms with Crippen LogP contribution in [0.25, 0.3) is 0 Å². The number of halogens is 1. The summed E-state index contributed by atoms with van der Waals surface area (Å²) >= 11 is 7.31. The number of morpholine rings is 1. The number of nitrogens with zero attached hydrogens (tertiary/aromatic N) is 2. The van der Waals surface area contributed by atoms with E-state index >= 15 is 0 Å². The van der Waals surface area contributed by atoms with Crippen molar-refractivity contribution in [3.8, 4) is 0 Å². The molecule has 0 amide bonds. The summed E-state index contributed by atoms with van der Waals surface area (Å²) in [6.45, 7) is 8.72. The highest BCUT2D eigenvalue weighted by Gasteiger charge is 2.35. The Morgan fingerprint density at radius 2 is 2.09 bits per heavy atom. The van der Waals surface area contributed by atoms with Crippen LogP contribution in [0.5, 0.6) is 0 Å². The summed E-state index contributed by atoms with van der Waals surface area (Å²) in [6.07, 6.45) is 1.38. The van der Waals surface area contributed by atoms with Gasteiger partial charge in [0.05, 0.1) is 16.5 Å². The Morgan fingerprint density at radius 1 is 1.45 bits per heavy atom. The lowest BCUT2D eigenvalue weighted by molar-refractivity contribution is -0.0454. The molecule has 8 heteroatoms. The topological polar surface area (TPSA) is 49.9 Å². The largest absolute Gasteiger partial charge is 0.373 e. The maximum absolute atomic E-state index is 12.9. The highest BCUT2D eigenvalue weighted by molar-refractivity contribution is 7.86. The fraction of sp³-hybridized carbons (Fsp3) is 0.571. The quantitative estimate of drug-likeness (QED) is 0.729. The summed E-state index contributed by atoms with van der Waals surface area (Å²) < 4.78 is 35.0. The smallest absolute Gasteiger partial charge is 0.282 e. The van der Waals surface area contributed by atoms with Crippen molar-refractivity contribution >= 4 is 33.1 Å². The van der Waals surface area contributed by atoms with E-state index in [9.17, 15) is 8.42 Å². The number of hydrogen-bond acceptors (Lipinski definition) is 4. The van der Waals surface area contributed by atoms with Crippen LogP contribution >= 0.6 is 22.9 Å². The van der Waals surface area contributed by atoms with Crippen LogP contribution in [0.4, 0.5) is 0 Å². The molecule has 1 aromatic heterocycles. The van der Waals surface area contributed by atoms with E-state index in [-0.39, 0.29) is 18.8 Å². The molecule has 2 unspecified atom stereocenters. The maximum Gasteiger partial charge on any atom is 0.282 e. The highest BCUT2D eigenvalue weighted by atomic mass is 35.5. The molecule has 0 spiro atoms. The van der Waals surface area contributed by atoms with Crippen LogP contribution in [0.2, 0.25) is 4.34 Å². The lowest BCUT2D eigenvalue weighted by Crippen LogP contribution is -2.52. The first-order valence-corrected chi connectivity index (χ1v) is 9.68. The Morgan fingerprint density at radius 3 is 2.59 bits per heavy atom. The van der Waals surface area contributed by atoms with Crippen LogP contribution in [0.1, 0.15) is 18.7 Å². The minimum atomic E-state index is -3.56. The Labute approximate surface area is 141 Å². The van der Waals surface area contributed by atoms with Gasteiger partial charge in [-0.25, -0.2) is 0 Å². The molecule has 1 aromatic rings. The Balaban J connectivity index is 2.19. The molecule has 22 heavy (non-hydrogen) atoms. The second-order valence-corrected chi connectivity index (χ2v) is 9.10. The van der Waals surface area contributed by atoms with Crippen LogP contribution < -0.4 is 0 Å². The van der Waals surface area contributed by atoms with E-state index in [1.165, 1.54) is 19.9 Å². The van der Waals surface area contributed by atoms with Gasteiger partial charge >= 0.3 is 0 Å². The molecule has 0 N–H and O–H groups in total. The van der Waals surface area contributed by atoms with Crippen molar-refractivity contribution in [2.24, 2.45) is 0 Å². The van der Waals surface area contributed by atoms with Gasteiger partial charge in [-0.2, -0.15) is 17.0 Å². The van der Waals surface area contributed by atoms with Crippen molar-refractivity contribution in [3.63, 3.8) is 0 Å². The summed E-state index contributed by atoms with van der Waals surface area (Å²) in [7, 11) is -3.56. The molecule has 124 valence electrons. The van der Waals surface area contributed by atoms with Crippen molar-refractivity contribution in [3.05, 3.63) is 34.0 Å². The molecule has 0 bridgehead atoms. The molecule has 2 rings (SSSR count). The predicted molar refractivity (Wildman–Crippen MR) is 90.4 cm³/mol. The molecule has 0 aliphatic carbocycles. The van der Waals surface area contributed by atoms with Gasteiger partial charge in [0.1, 0.15) is 0 Å². The Hall–Kier alpha value is -0.440. The summed E-state index contributed by atoms with van der Waals surface area (Å²) in [6, 6.07) is 3.63. The monoisotopic (exact) mass is 364 g/mol. The summed E-state index contributed by atoms with van der Waals surface area (Å²) in [5.41, 5.74) is 0. The van der Waals surface area contributed by atoms with Gasteiger partial charge < -0.3 is 4.74 Å². The zero-order valence-corrected chi connectivity index (χ0v) is 15.1. The van der Waals surface area contributed by atoms with Crippen molar-refractivity contribution in [2.75, 3.05) is 19.6 Å². The standard InChI is InChI=1S/C14H21ClN2O3S2/c1-4-7-16(10-13-5-6-14(15)21-13)22(18,19)17-8-11(2)20-12(3)9-17/h4-6,11-12H,1,7-10H2,2-3H3. The summed E-state index contributed by atoms with van der Waals surface area (Å²) in [5, 5.41) is 0. The van der Waals surface area contributed by atoms with Crippen molar-refractivity contribution in [1.29, 1.82) is 0 Å². The maximum atomic E-state index is 12.9. The van der Waals surface area contributed by atoms with E-state index in [1.54, 1.807) is 12.1 Å². The first-order valence-electron chi connectivity index (χ1n) is 7.08. The molecule has 1 aliphatic heterocycles. The van der Waals surface area contributed by atoms with Crippen LogP contribution in [0, 0.1) is 0 Å². The van der Waals surface area contributed by atoms with Gasteiger partial charge in [-0.15, -0.1) is 17.9 Å². The first-order chi connectivity index (χ1) is 10.3. The lowest BCUT2D eigenvalue weighted by atomic mass is 10.3. The van der Waals surface area contributed by atoms with Crippen LogP contribution in [-0.4, -0.2) is 48.9 Å². The number of thiophene rings is 1. The molecule has 0 aromatic carbocycles. The molecule has 5 nitrogen and oxygen atoms in total. The van der Waals surface area contributed by atoms with Gasteiger partial charge in [0.15, 0.2) is 0 Å². The van der Waals surface area contributed by atoms with E-state index in [0.29, 0.717) is 24.0 Å². The minimum absolute atomic E-state index is 0.111. The van der Waals surface area contributed by atoms with Crippen molar-refractivity contribution in [2.45, 2.75) is 32.6 Å². The zero-order valence-electron chi connectivity index (χ0n) is 12.7. The molecule has 0 radical (unpaired) electrons. The van der Waals surface area contributed by atoms with Crippen LogP contribution in [-0.2, 0) is 21.5 Å². The average Bonchev–Trinajstić information content (AvgIpc) is 2.82.